The number of nitrogens with two attached hydrogens (primary N) is 1. The fourth-order valence-electron chi connectivity index (χ4n) is 1.16. The van der Waals surface area contributed by atoms with Crippen molar-refractivity contribution in [3.63, 3.8) is 0 Å². The summed E-state index contributed by atoms with van der Waals surface area (Å²) in [6.07, 6.45) is 0.130. The molecule has 18 heavy (non-hydrogen) atoms. The molecule has 5 N–H and O–H groups in total. The van der Waals surface area contributed by atoms with E-state index in [1.54, 1.807) is 0 Å². The monoisotopic (exact) mass is 285 g/mol. The van der Waals surface area contributed by atoms with Crippen molar-refractivity contribution >= 4 is 13.8 Å². The first-order chi connectivity index (χ1) is 7.78. The molecule has 0 heterocycles. The number of carbonyl (C=O) groups is 1. The van der Waals surface area contributed by atoms with Crippen molar-refractivity contribution in [3.05, 3.63) is 29.8 Å². The normalized spacial score (nSPS) is 12.4. The molecule has 7 nitrogen and oxygen atoms in total. The van der Waals surface area contributed by atoms with Crippen molar-refractivity contribution in [2.24, 2.45) is 5.73 Å². The van der Waals surface area contributed by atoms with E-state index < -0.39 is 19.8 Å². The van der Waals surface area contributed by atoms with Gasteiger partial charge in [-0.05, 0) is 24.1 Å². The average Bonchev–Trinajstić information content (AvgIpc) is 2.18. The van der Waals surface area contributed by atoms with Crippen LogP contribution >= 0.6 is 7.82 Å². The first-order valence-corrected chi connectivity index (χ1v) is 6.13. The van der Waals surface area contributed by atoms with E-state index in [9.17, 15) is 9.36 Å². The summed E-state index contributed by atoms with van der Waals surface area (Å²) in [5.41, 5.74) is 5.97. The third kappa shape index (κ3) is 6.51. The molecule has 1 aromatic carbocycles. The topological polar surface area (TPSA) is 130 Å². The Morgan fingerprint density at radius 1 is 1.39 bits per heavy atom. The quantitative estimate of drug-likeness (QED) is 0.340. The Morgan fingerprint density at radius 3 is 2.28 bits per heavy atom. The maximum Gasteiger partial charge on any atom is 1.00 e. The van der Waals surface area contributed by atoms with Crippen LogP contribution in [-0.2, 0) is 15.8 Å². The van der Waals surface area contributed by atoms with E-state index in [1.165, 1.54) is 24.3 Å². The zero-order valence-corrected chi connectivity index (χ0v) is 12.6. The number of carboxylic acid groups (broad SMARTS) is 1. The van der Waals surface area contributed by atoms with E-state index in [-0.39, 0.29) is 43.2 Å². The number of carboxylic acids is 1. The number of benzene rings is 1. The van der Waals surface area contributed by atoms with Gasteiger partial charge in [-0.1, -0.05) is 12.1 Å². The molecule has 0 aromatic heterocycles. The molecule has 1 atom stereocenters. The fraction of sp³-hybridized carbons (Fsp3) is 0.222. The summed E-state index contributed by atoms with van der Waals surface area (Å²) >= 11 is 0. The van der Waals surface area contributed by atoms with Crippen LogP contribution in [-0.4, -0.2) is 26.9 Å². The Hall–Kier alpha value is -0.400. The van der Waals surface area contributed by atoms with Crippen molar-refractivity contribution < 1.29 is 59.8 Å². The van der Waals surface area contributed by atoms with E-state index in [0.29, 0.717) is 5.56 Å². The Kier molecular flexibility index (Phi) is 7.09. The Balaban J connectivity index is 0. The average molecular weight is 285 g/mol. The first-order valence-electron chi connectivity index (χ1n) is 4.60. The molecule has 1 aromatic rings. The van der Waals surface area contributed by atoms with Crippen LogP contribution in [0.25, 0.3) is 0 Å². The maximum absolute atomic E-state index is 10.5. The van der Waals surface area contributed by atoms with Crippen molar-refractivity contribution in [2.45, 2.75) is 12.5 Å². The van der Waals surface area contributed by atoms with E-state index in [4.69, 9.17) is 20.6 Å². The molecule has 0 saturated carbocycles. The summed E-state index contributed by atoms with van der Waals surface area (Å²) in [6, 6.07) is 4.65. The molecule has 0 radical (unpaired) electrons. The van der Waals surface area contributed by atoms with Crippen LogP contribution in [0.1, 0.15) is 6.99 Å². The zero-order chi connectivity index (χ0) is 13.1. The van der Waals surface area contributed by atoms with E-state index in [0.717, 1.165) is 0 Å². The van der Waals surface area contributed by atoms with Crippen molar-refractivity contribution in [1.29, 1.82) is 0 Å². The molecule has 96 valence electrons. The molecule has 0 aliphatic rings. The second-order valence-corrected chi connectivity index (χ2v) is 4.54. The van der Waals surface area contributed by atoms with E-state index in [1.807, 2.05) is 0 Å². The molecule has 9 heteroatoms. The van der Waals surface area contributed by atoms with Gasteiger partial charge in [0.25, 0.3) is 0 Å². The summed E-state index contributed by atoms with van der Waals surface area (Å²) in [6.45, 7) is 0. The molecule has 0 bridgehead atoms. The van der Waals surface area contributed by atoms with Gasteiger partial charge in [-0.2, -0.15) is 0 Å². The van der Waals surface area contributed by atoms with Gasteiger partial charge in [-0.25, -0.2) is 4.57 Å². The van der Waals surface area contributed by atoms with Crippen LogP contribution < -0.4 is 39.8 Å². The molecule has 0 saturated heterocycles. The summed E-state index contributed by atoms with van der Waals surface area (Å²) in [7, 11) is -4.56. The van der Waals surface area contributed by atoms with E-state index >= 15 is 0 Å². The third-order valence-electron chi connectivity index (χ3n) is 1.92. The number of aliphatic carboxylic acids is 1. The van der Waals surface area contributed by atoms with Crippen LogP contribution in [0.5, 0.6) is 5.75 Å². The van der Waals surface area contributed by atoms with Gasteiger partial charge in [0.1, 0.15) is 11.8 Å². The summed E-state index contributed by atoms with van der Waals surface area (Å²) < 4.78 is 14.9. The standard InChI is InChI=1S/C9H12NO6P.Na.H/c10-8(9(11)12)5-6-1-3-7(4-2-6)16-17(13,14)15;;/h1-4,8H,5,10H2,(H,11,12)(H2,13,14,15);;/q;+1;-1. The van der Waals surface area contributed by atoms with Crippen molar-refractivity contribution in [2.75, 3.05) is 0 Å². The van der Waals surface area contributed by atoms with Crippen molar-refractivity contribution in [3.8, 4) is 5.75 Å². The molecular weight excluding hydrogens is 272 g/mol. The fourth-order valence-corrected chi connectivity index (χ4v) is 1.56. The minimum atomic E-state index is -4.56. The first kappa shape index (κ1) is 17.6. The van der Waals surface area contributed by atoms with Gasteiger partial charge < -0.3 is 16.8 Å². The number of hydrogen-bond acceptors (Lipinski definition) is 4. The number of phosphoric acid groups is 1. The molecule has 0 aliphatic carbocycles. The minimum absolute atomic E-state index is 0. The molecular formula is C9H13NNaO6P. The molecule has 0 fully saturated rings. The summed E-state index contributed by atoms with van der Waals surface area (Å²) in [4.78, 5) is 27.6. The van der Waals surface area contributed by atoms with Gasteiger partial charge in [-0.3, -0.25) is 14.6 Å². The molecule has 0 amide bonds. The Bertz CT molecular complexity index is 451. The Labute approximate surface area is 127 Å². The molecule has 0 aliphatic heterocycles. The maximum atomic E-state index is 10.5. The zero-order valence-electron chi connectivity index (χ0n) is 10.7. The molecule has 1 unspecified atom stereocenters. The number of hydrogen-bond donors (Lipinski definition) is 4. The molecule has 0 spiro atoms. The minimum Gasteiger partial charge on any atom is -1.00 e. The van der Waals surface area contributed by atoms with Crippen LogP contribution in [0.15, 0.2) is 24.3 Å². The van der Waals surface area contributed by atoms with Crippen LogP contribution in [0.4, 0.5) is 0 Å². The van der Waals surface area contributed by atoms with Crippen LogP contribution in [0, 0.1) is 0 Å². The second kappa shape index (κ2) is 7.25. The van der Waals surface area contributed by atoms with Crippen LogP contribution in [0.2, 0.25) is 0 Å². The van der Waals surface area contributed by atoms with Gasteiger partial charge in [0.2, 0.25) is 0 Å². The predicted molar refractivity (Wildman–Crippen MR) is 59.5 cm³/mol. The second-order valence-electron chi connectivity index (χ2n) is 3.37. The SMILES string of the molecule is NC(Cc1ccc(OP(=O)(O)O)cc1)C(=O)O.[H-].[Na+]. The van der Waals surface area contributed by atoms with E-state index in [2.05, 4.69) is 4.52 Å². The number of phosphoric ester groups is 1. The van der Waals surface area contributed by atoms with Gasteiger partial charge in [0.05, 0.1) is 0 Å². The van der Waals surface area contributed by atoms with Crippen molar-refractivity contribution in [1.82, 2.24) is 0 Å². The summed E-state index contributed by atoms with van der Waals surface area (Å²) in [5, 5.41) is 8.60. The van der Waals surface area contributed by atoms with Gasteiger partial charge in [0.15, 0.2) is 0 Å². The third-order valence-corrected chi connectivity index (χ3v) is 2.37. The molecule has 1 rings (SSSR count). The van der Waals surface area contributed by atoms with Crippen LogP contribution in [0.3, 0.4) is 0 Å². The summed E-state index contributed by atoms with van der Waals surface area (Å²) in [5.74, 6) is -1.11. The van der Waals surface area contributed by atoms with Gasteiger partial charge >= 0.3 is 43.3 Å². The smallest absolute Gasteiger partial charge is 1.00 e. The largest absolute Gasteiger partial charge is 1.00 e. The van der Waals surface area contributed by atoms with Gasteiger partial charge in [0, 0.05) is 0 Å². The number of rotatable bonds is 5. The Morgan fingerprint density at radius 2 is 1.89 bits per heavy atom. The predicted octanol–water partition coefficient (Wildman–Crippen LogP) is -2.77. The van der Waals surface area contributed by atoms with Gasteiger partial charge in [-0.15, -0.1) is 0 Å².